The predicted molar refractivity (Wildman–Crippen MR) is 72.9 cm³/mol. The molecular weight excluding hydrogens is 242 g/mol. The SMILES string of the molecule is Cc1ccc(C(=O)NCCCN2CCCC2=O)n1C. The third-order valence-electron chi connectivity index (χ3n) is 3.67. The second-order valence-electron chi connectivity index (χ2n) is 5.01. The van der Waals surface area contributed by atoms with Crippen molar-refractivity contribution in [1.29, 1.82) is 0 Å². The number of aryl methyl sites for hydroxylation is 1. The minimum atomic E-state index is -0.0525. The molecule has 1 N–H and O–H groups in total. The fraction of sp³-hybridized carbons (Fsp3) is 0.571. The molecule has 0 spiro atoms. The van der Waals surface area contributed by atoms with E-state index in [2.05, 4.69) is 5.32 Å². The van der Waals surface area contributed by atoms with Crippen molar-refractivity contribution in [2.24, 2.45) is 7.05 Å². The molecule has 5 heteroatoms. The van der Waals surface area contributed by atoms with E-state index in [1.807, 2.05) is 35.6 Å². The van der Waals surface area contributed by atoms with E-state index >= 15 is 0 Å². The van der Waals surface area contributed by atoms with Crippen molar-refractivity contribution in [3.05, 3.63) is 23.5 Å². The summed E-state index contributed by atoms with van der Waals surface area (Å²) in [5, 5.41) is 2.89. The lowest BCUT2D eigenvalue weighted by Gasteiger charge is -2.15. The molecule has 104 valence electrons. The summed E-state index contributed by atoms with van der Waals surface area (Å²) in [6.07, 6.45) is 2.45. The van der Waals surface area contributed by atoms with Crippen molar-refractivity contribution >= 4 is 11.8 Å². The average Bonchev–Trinajstić information content (AvgIpc) is 2.93. The van der Waals surface area contributed by atoms with E-state index in [4.69, 9.17) is 0 Å². The molecule has 0 unspecified atom stereocenters. The van der Waals surface area contributed by atoms with Gasteiger partial charge in [-0.2, -0.15) is 0 Å². The number of nitrogens with one attached hydrogen (secondary N) is 1. The van der Waals surface area contributed by atoms with Crippen LogP contribution in [0.2, 0.25) is 0 Å². The van der Waals surface area contributed by atoms with Gasteiger partial charge >= 0.3 is 0 Å². The highest BCUT2D eigenvalue weighted by Gasteiger charge is 2.19. The van der Waals surface area contributed by atoms with Crippen LogP contribution in [0.1, 0.15) is 35.4 Å². The van der Waals surface area contributed by atoms with Gasteiger partial charge in [0.2, 0.25) is 5.91 Å². The van der Waals surface area contributed by atoms with Gasteiger partial charge in [0.25, 0.3) is 5.91 Å². The molecule has 0 saturated carbocycles. The van der Waals surface area contributed by atoms with E-state index in [1.54, 1.807) is 0 Å². The molecule has 0 bridgehead atoms. The Kier molecular flexibility index (Phi) is 4.24. The molecule has 1 aliphatic rings. The van der Waals surface area contributed by atoms with Gasteiger partial charge in [0.15, 0.2) is 0 Å². The van der Waals surface area contributed by atoms with Crippen LogP contribution in [0.4, 0.5) is 0 Å². The molecule has 2 rings (SSSR count). The minimum Gasteiger partial charge on any atom is -0.351 e. The van der Waals surface area contributed by atoms with Crippen molar-refractivity contribution in [2.75, 3.05) is 19.6 Å². The van der Waals surface area contributed by atoms with Gasteiger partial charge in [-0.15, -0.1) is 0 Å². The topological polar surface area (TPSA) is 54.3 Å². The van der Waals surface area contributed by atoms with Crippen molar-refractivity contribution in [3.63, 3.8) is 0 Å². The number of likely N-dealkylation sites (tertiary alicyclic amines) is 1. The van der Waals surface area contributed by atoms with Crippen molar-refractivity contribution < 1.29 is 9.59 Å². The fourth-order valence-electron chi connectivity index (χ4n) is 2.34. The average molecular weight is 263 g/mol. The molecule has 5 nitrogen and oxygen atoms in total. The Balaban J connectivity index is 1.72. The molecule has 19 heavy (non-hydrogen) atoms. The third-order valence-corrected chi connectivity index (χ3v) is 3.67. The summed E-state index contributed by atoms with van der Waals surface area (Å²) in [4.78, 5) is 25.2. The normalized spacial score (nSPS) is 15.1. The zero-order valence-electron chi connectivity index (χ0n) is 11.6. The number of aromatic nitrogens is 1. The number of hydrogen-bond donors (Lipinski definition) is 1. The summed E-state index contributed by atoms with van der Waals surface area (Å²) in [6, 6.07) is 3.76. The Bertz CT molecular complexity index is 479. The first-order valence-corrected chi connectivity index (χ1v) is 6.78. The molecule has 0 aromatic carbocycles. The van der Waals surface area contributed by atoms with E-state index in [0.29, 0.717) is 18.7 Å². The van der Waals surface area contributed by atoms with E-state index in [0.717, 1.165) is 31.6 Å². The van der Waals surface area contributed by atoms with Gasteiger partial charge in [-0.25, -0.2) is 0 Å². The number of carbonyl (C=O) groups is 2. The Morgan fingerprint density at radius 2 is 2.21 bits per heavy atom. The lowest BCUT2D eigenvalue weighted by molar-refractivity contribution is -0.127. The standard InChI is InChI=1S/C14H21N3O2/c1-11-6-7-12(16(11)2)14(19)15-8-4-10-17-9-3-5-13(17)18/h6-7H,3-5,8-10H2,1-2H3,(H,15,19). The molecule has 1 aromatic rings. The maximum atomic E-state index is 11.9. The van der Waals surface area contributed by atoms with E-state index < -0.39 is 0 Å². The second-order valence-corrected chi connectivity index (χ2v) is 5.01. The fourth-order valence-corrected chi connectivity index (χ4v) is 2.34. The van der Waals surface area contributed by atoms with Crippen molar-refractivity contribution in [3.8, 4) is 0 Å². The Labute approximate surface area is 113 Å². The first kappa shape index (κ1) is 13.6. The van der Waals surface area contributed by atoms with Gasteiger partial charge in [0, 0.05) is 38.8 Å². The summed E-state index contributed by atoms with van der Waals surface area (Å²) in [7, 11) is 1.88. The number of hydrogen-bond acceptors (Lipinski definition) is 2. The highest BCUT2D eigenvalue weighted by atomic mass is 16.2. The first-order chi connectivity index (χ1) is 9.09. The highest BCUT2D eigenvalue weighted by Crippen LogP contribution is 2.09. The van der Waals surface area contributed by atoms with Gasteiger partial charge in [0.05, 0.1) is 0 Å². The van der Waals surface area contributed by atoms with Crippen molar-refractivity contribution in [2.45, 2.75) is 26.2 Å². The number of amides is 2. The highest BCUT2D eigenvalue weighted by molar-refractivity contribution is 5.92. The molecule has 1 saturated heterocycles. The summed E-state index contributed by atoms with van der Waals surface area (Å²) in [5.41, 5.74) is 1.74. The van der Waals surface area contributed by atoms with Crippen LogP contribution in [0.25, 0.3) is 0 Å². The smallest absolute Gasteiger partial charge is 0.267 e. The molecule has 2 amide bonds. The molecule has 0 radical (unpaired) electrons. The Morgan fingerprint density at radius 1 is 1.42 bits per heavy atom. The zero-order chi connectivity index (χ0) is 13.8. The van der Waals surface area contributed by atoms with Crippen molar-refractivity contribution in [1.82, 2.24) is 14.8 Å². The molecule has 2 heterocycles. The quantitative estimate of drug-likeness (QED) is 0.808. The molecule has 1 aromatic heterocycles. The monoisotopic (exact) mass is 263 g/mol. The van der Waals surface area contributed by atoms with Gasteiger partial charge in [-0.3, -0.25) is 9.59 Å². The van der Waals surface area contributed by atoms with Crippen LogP contribution in [0.15, 0.2) is 12.1 Å². The lowest BCUT2D eigenvalue weighted by Crippen LogP contribution is -2.31. The van der Waals surface area contributed by atoms with Gasteiger partial charge in [0.1, 0.15) is 5.69 Å². The molecular formula is C14H21N3O2. The van der Waals surface area contributed by atoms with Crippen LogP contribution >= 0.6 is 0 Å². The number of nitrogens with zero attached hydrogens (tertiary/aromatic N) is 2. The third kappa shape index (κ3) is 3.16. The first-order valence-electron chi connectivity index (χ1n) is 6.78. The summed E-state index contributed by atoms with van der Waals surface area (Å²) >= 11 is 0. The van der Waals surface area contributed by atoms with Gasteiger partial charge in [-0.1, -0.05) is 0 Å². The number of rotatable bonds is 5. The maximum absolute atomic E-state index is 11.9. The summed E-state index contributed by atoms with van der Waals surface area (Å²) < 4.78 is 1.87. The largest absolute Gasteiger partial charge is 0.351 e. The van der Waals surface area contributed by atoms with Crippen LogP contribution in [0, 0.1) is 6.92 Å². The van der Waals surface area contributed by atoms with E-state index in [9.17, 15) is 9.59 Å². The van der Waals surface area contributed by atoms with Crippen LogP contribution in [0.3, 0.4) is 0 Å². The molecule has 0 aliphatic carbocycles. The Morgan fingerprint density at radius 3 is 2.79 bits per heavy atom. The minimum absolute atomic E-state index is 0.0525. The van der Waals surface area contributed by atoms with Crippen LogP contribution < -0.4 is 5.32 Å². The maximum Gasteiger partial charge on any atom is 0.267 e. The zero-order valence-corrected chi connectivity index (χ0v) is 11.6. The molecule has 1 aliphatic heterocycles. The predicted octanol–water partition coefficient (Wildman–Crippen LogP) is 1.08. The summed E-state index contributed by atoms with van der Waals surface area (Å²) in [5.74, 6) is 0.188. The second kappa shape index (κ2) is 5.91. The summed E-state index contributed by atoms with van der Waals surface area (Å²) in [6.45, 7) is 4.18. The molecule has 1 fully saturated rings. The van der Waals surface area contributed by atoms with E-state index in [1.165, 1.54) is 0 Å². The van der Waals surface area contributed by atoms with Gasteiger partial charge in [-0.05, 0) is 31.9 Å². The van der Waals surface area contributed by atoms with Crippen LogP contribution in [0.5, 0.6) is 0 Å². The van der Waals surface area contributed by atoms with Gasteiger partial charge < -0.3 is 14.8 Å². The lowest BCUT2D eigenvalue weighted by atomic mass is 10.3. The van der Waals surface area contributed by atoms with Crippen LogP contribution in [-0.4, -0.2) is 40.9 Å². The number of carbonyl (C=O) groups excluding carboxylic acids is 2. The molecule has 0 atom stereocenters. The van der Waals surface area contributed by atoms with E-state index in [-0.39, 0.29) is 11.8 Å². The van der Waals surface area contributed by atoms with Crippen LogP contribution in [-0.2, 0) is 11.8 Å². The Hall–Kier alpha value is -1.78.